The van der Waals surface area contributed by atoms with Crippen molar-refractivity contribution in [2.24, 2.45) is 0 Å². The molecule has 2 aliphatic rings. The summed E-state index contributed by atoms with van der Waals surface area (Å²) in [7, 11) is 0. The second-order valence-electron chi connectivity index (χ2n) is 3.15. The van der Waals surface area contributed by atoms with Crippen LogP contribution >= 0.6 is 0 Å². The predicted molar refractivity (Wildman–Crippen MR) is 52.0 cm³/mol. The van der Waals surface area contributed by atoms with Crippen LogP contribution in [0, 0.1) is 20.3 Å². The molecule has 0 N–H and O–H groups in total. The Morgan fingerprint density at radius 1 is 0.538 bits per heavy atom. The van der Waals surface area contributed by atoms with Crippen LogP contribution in [0.15, 0.2) is 0 Å². The molecule has 0 heterocycles. The Balaban J connectivity index is -0.000000125. The molecule has 0 atom stereocenters. The Bertz CT molecular complexity index is 41.3. The molecule has 2 aliphatic carbocycles. The first kappa shape index (κ1) is 19.7. The molecular formula is C11H21Li2-. The second-order valence-corrected chi connectivity index (χ2v) is 3.15. The van der Waals surface area contributed by atoms with Gasteiger partial charge in [-0.3, -0.25) is 0 Å². The fourth-order valence-corrected chi connectivity index (χ4v) is 1.44. The number of rotatable bonds is 0. The van der Waals surface area contributed by atoms with E-state index in [1.165, 1.54) is 51.4 Å². The maximum Gasteiger partial charge on any atom is 1.00 e. The van der Waals surface area contributed by atoms with E-state index in [0.717, 1.165) is 0 Å². The average molecular weight is 167 g/mol. The zero-order chi connectivity index (χ0) is 7.07. The summed E-state index contributed by atoms with van der Waals surface area (Å²) in [6.45, 7) is 0. The van der Waals surface area contributed by atoms with Gasteiger partial charge in [0.1, 0.15) is 0 Å². The first-order valence-corrected chi connectivity index (χ1v) is 4.63. The molecule has 0 aliphatic heterocycles. The monoisotopic (exact) mass is 167 g/mol. The maximum absolute atomic E-state index is 2.36. The fraction of sp³-hybridized carbons (Fsp3) is 0.727. The van der Waals surface area contributed by atoms with Crippen LogP contribution in [-0.4, -0.2) is 0 Å². The summed E-state index contributed by atoms with van der Waals surface area (Å²) < 4.78 is 0. The largest absolute Gasteiger partial charge is 1.00 e. The number of hydrogen-bond acceptors (Lipinski definition) is 0. The Kier molecular flexibility index (Phi) is 23.8. The summed E-state index contributed by atoms with van der Waals surface area (Å²) in [5.74, 6) is 0. The van der Waals surface area contributed by atoms with Crippen LogP contribution in [0.1, 0.15) is 51.4 Å². The van der Waals surface area contributed by atoms with E-state index in [1.54, 1.807) is 0 Å². The molecule has 0 saturated heterocycles. The molecular weight excluding hydrogens is 146 g/mol. The van der Waals surface area contributed by atoms with Gasteiger partial charge in [0.05, 0.1) is 0 Å². The van der Waals surface area contributed by atoms with Gasteiger partial charge in [0.2, 0.25) is 0 Å². The molecule has 2 saturated carbocycles. The smallest absolute Gasteiger partial charge is 0.358 e. The summed E-state index contributed by atoms with van der Waals surface area (Å²) in [5.41, 5.74) is 0. The Hall–Kier alpha value is 1.19. The molecule has 2 heteroatoms. The Morgan fingerprint density at radius 3 is 0.846 bits per heavy atom. The zero-order valence-electron chi connectivity index (χ0n) is 9.81. The van der Waals surface area contributed by atoms with Crippen LogP contribution in [0.5, 0.6) is 0 Å². The van der Waals surface area contributed by atoms with Crippen LogP contribution in [0.25, 0.3) is 0 Å². The Labute approximate surface area is 109 Å². The van der Waals surface area contributed by atoms with Gasteiger partial charge in [0, 0.05) is 0 Å². The van der Waals surface area contributed by atoms with E-state index in [0.29, 0.717) is 0 Å². The van der Waals surface area contributed by atoms with E-state index in [-0.39, 0.29) is 45.1 Å². The standard InChI is InChI=1S/2C5H9.CH3.2Li/c2*1-2-4-5-3-1;;;/h2*1H,2-5H2;1H3;;/q3*-1;2*+1. The van der Waals surface area contributed by atoms with Gasteiger partial charge >= 0.3 is 37.7 Å². The van der Waals surface area contributed by atoms with Gasteiger partial charge in [0.15, 0.2) is 0 Å². The van der Waals surface area contributed by atoms with Gasteiger partial charge in [-0.05, 0) is 0 Å². The van der Waals surface area contributed by atoms with Crippen molar-refractivity contribution in [3.63, 3.8) is 0 Å². The molecule has 0 amide bonds. The van der Waals surface area contributed by atoms with E-state index in [2.05, 4.69) is 12.8 Å². The van der Waals surface area contributed by atoms with Gasteiger partial charge in [-0.1, -0.05) is 25.7 Å². The molecule has 0 unspecified atom stereocenters. The van der Waals surface area contributed by atoms with Crippen molar-refractivity contribution >= 4 is 0 Å². The SMILES string of the molecule is [CH-]1CCCC1.[CH-]1CCCC1.[CH3-].[Li+].[Li+]. The van der Waals surface area contributed by atoms with Crippen LogP contribution in [0.4, 0.5) is 0 Å². The summed E-state index contributed by atoms with van der Waals surface area (Å²) >= 11 is 0. The third-order valence-corrected chi connectivity index (χ3v) is 2.13. The predicted octanol–water partition coefficient (Wildman–Crippen LogP) is -2.01. The maximum atomic E-state index is 2.36. The fourth-order valence-electron chi connectivity index (χ4n) is 1.44. The molecule has 0 aromatic rings. The van der Waals surface area contributed by atoms with E-state index in [1.807, 2.05) is 0 Å². The minimum absolute atomic E-state index is 0. The van der Waals surface area contributed by atoms with Crippen molar-refractivity contribution < 1.29 is 37.7 Å². The molecule has 0 aromatic heterocycles. The topological polar surface area (TPSA) is 0 Å². The summed E-state index contributed by atoms with van der Waals surface area (Å²) in [6, 6.07) is 0. The molecule has 0 radical (unpaired) electrons. The first-order valence-electron chi connectivity index (χ1n) is 4.63. The minimum Gasteiger partial charge on any atom is -0.358 e. The van der Waals surface area contributed by atoms with Gasteiger partial charge in [-0.15, -0.1) is 0 Å². The van der Waals surface area contributed by atoms with Crippen molar-refractivity contribution in [2.75, 3.05) is 0 Å². The zero-order valence-corrected chi connectivity index (χ0v) is 9.81. The summed E-state index contributed by atoms with van der Waals surface area (Å²) in [6.07, 6.45) is 16.0. The molecule has 0 spiro atoms. The summed E-state index contributed by atoms with van der Waals surface area (Å²) in [5, 5.41) is 0. The Morgan fingerprint density at radius 2 is 0.769 bits per heavy atom. The van der Waals surface area contributed by atoms with Crippen molar-refractivity contribution in [1.82, 2.24) is 0 Å². The van der Waals surface area contributed by atoms with E-state index >= 15 is 0 Å². The molecule has 0 nitrogen and oxygen atoms in total. The van der Waals surface area contributed by atoms with Crippen molar-refractivity contribution in [3.05, 3.63) is 20.3 Å². The average Bonchev–Trinajstić information content (AvgIpc) is 2.67. The van der Waals surface area contributed by atoms with E-state index in [4.69, 9.17) is 0 Å². The van der Waals surface area contributed by atoms with Crippen molar-refractivity contribution in [1.29, 1.82) is 0 Å². The molecule has 2 rings (SSSR count). The minimum atomic E-state index is 0. The van der Waals surface area contributed by atoms with Crippen LogP contribution in [-0.2, 0) is 0 Å². The molecule has 68 valence electrons. The molecule has 2 fully saturated rings. The normalized spacial score (nSPS) is 18.5. The quantitative estimate of drug-likeness (QED) is 0.289. The first-order chi connectivity index (χ1) is 5.00. The summed E-state index contributed by atoms with van der Waals surface area (Å²) in [4.78, 5) is 0. The van der Waals surface area contributed by atoms with Crippen molar-refractivity contribution in [3.8, 4) is 0 Å². The molecule has 0 bridgehead atoms. The molecule has 0 aromatic carbocycles. The third-order valence-electron chi connectivity index (χ3n) is 2.13. The van der Waals surface area contributed by atoms with E-state index < -0.39 is 0 Å². The second kappa shape index (κ2) is 15.7. The van der Waals surface area contributed by atoms with Crippen molar-refractivity contribution in [2.45, 2.75) is 51.4 Å². The van der Waals surface area contributed by atoms with Gasteiger partial charge in [-0.25, -0.2) is 0 Å². The molecule has 13 heavy (non-hydrogen) atoms. The number of hydrogen-bond donors (Lipinski definition) is 0. The van der Waals surface area contributed by atoms with Crippen LogP contribution < -0.4 is 37.7 Å². The van der Waals surface area contributed by atoms with Crippen LogP contribution in [0.2, 0.25) is 0 Å². The third kappa shape index (κ3) is 13.2. The van der Waals surface area contributed by atoms with Gasteiger partial charge < -0.3 is 20.3 Å². The van der Waals surface area contributed by atoms with Gasteiger partial charge in [-0.2, -0.15) is 25.7 Å². The van der Waals surface area contributed by atoms with Gasteiger partial charge in [0.25, 0.3) is 0 Å². The van der Waals surface area contributed by atoms with Crippen LogP contribution in [0.3, 0.4) is 0 Å². The van der Waals surface area contributed by atoms with E-state index in [9.17, 15) is 0 Å².